The first kappa shape index (κ1) is 22.0. The molecule has 0 radical (unpaired) electrons. The van der Waals surface area contributed by atoms with Gasteiger partial charge in [-0.25, -0.2) is 12.8 Å². The minimum Gasteiger partial charge on any atom is -0.335 e. The predicted octanol–water partition coefficient (Wildman–Crippen LogP) is 2.56. The predicted molar refractivity (Wildman–Crippen MR) is 112 cm³/mol. The van der Waals surface area contributed by atoms with Crippen molar-refractivity contribution in [3.63, 3.8) is 0 Å². The Hall–Kier alpha value is -1.18. The van der Waals surface area contributed by atoms with Crippen molar-refractivity contribution in [1.29, 1.82) is 0 Å². The van der Waals surface area contributed by atoms with Crippen molar-refractivity contribution in [2.24, 2.45) is 17.8 Å². The lowest BCUT2D eigenvalue weighted by molar-refractivity contribution is -0.155. The van der Waals surface area contributed by atoms with Crippen LogP contribution in [0.4, 0.5) is 4.39 Å². The van der Waals surface area contributed by atoms with Gasteiger partial charge in [-0.1, -0.05) is 0 Å². The highest BCUT2D eigenvalue weighted by atomic mass is 32.2. The topological polar surface area (TPSA) is 74.8 Å². The molecule has 4 aliphatic rings. The smallest absolute Gasteiger partial charge is 0.226 e. The molecular weight excluding hydrogens is 407 g/mol. The van der Waals surface area contributed by atoms with E-state index in [9.17, 15) is 22.4 Å². The van der Waals surface area contributed by atoms with Gasteiger partial charge in [-0.05, 0) is 70.1 Å². The summed E-state index contributed by atoms with van der Waals surface area (Å²) in [4.78, 5) is 29.4. The fourth-order valence-corrected chi connectivity index (χ4v) is 7.71. The van der Waals surface area contributed by atoms with E-state index in [4.69, 9.17) is 0 Å². The Morgan fingerprint density at radius 1 is 0.933 bits per heavy atom. The highest BCUT2D eigenvalue weighted by Gasteiger charge is 2.50. The van der Waals surface area contributed by atoms with Gasteiger partial charge in [-0.15, -0.1) is 0 Å². The van der Waals surface area contributed by atoms with Crippen LogP contribution in [-0.2, 0) is 19.4 Å². The van der Waals surface area contributed by atoms with Gasteiger partial charge in [0.1, 0.15) is 6.17 Å². The second-order valence-electron chi connectivity index (χ2n) is 10.2. The lowest BCUT2D eigenvalue weighted by Crippen LogP contribution is -2.67. The Bertz CT molecular complexity index is 799. The second kappa shape index (κ2) is 8.06. The van der Waals surface area contributed by atoms with E-state index in [1.54, 1.807) is 6.92 Å². The number of hydrogen-bond acceptors (Lipinski definition) is 4. The van der Waals surface area contributed by atoms with E-state index < -0.39 is 21.3 Å². The van der Waals surface area contributed by atoms with Gasteiger partial charge in [0.2, 0.25) is 11.8 Å². The van der Waals surface area contributed by atoms with Gasteiger partial charge in [0.25, 0.3) is 0 Å². The van der Waals surface area contributed by atoms with E-state index in [1.165, 1.54) is 0 Å². The van der Waals surface area contributed by atoms with Gasteiger partial charge >= 0.3 is 0 Å². The molecule has 170 valence electrons. The Morgan fingerprint density at radius 3 is 2.17 bits per heavy atom. The molecule has 1 heterocycles. The minimum absolute atomic E-state index is 0.00302. The quantitative estimate of drug-likeness (QED) is 0.673. The first-order valence-corrected chi connectivity index (χ1v) is 13.5. The maximum atomic E-state index is 14.3. The zero-order chi connectivity index (χ0) is 21.8. The van der Waals surface area contributed by atoms with Crippen molar-refractivity contribution < 1.29 is 22.4 Å². The van der Waals surface area contributed by atoms with Crippen molar-refractivity contribution >= 4 is 21.7 Å². The Kier molecular flexibility index (Phi) is 5.92. The molecular formula is C22H35FN2O4S. The molecule has 8 heteroatoms. The number of carbonyl (C=O) groups is 2. The van der Waals surface area contributed by atoms with Crippen LogP contribution in [0.5, 0.6) is 0 Å². The molecule has 0 spiro atoms. The molecule has 30 heavy (non-hydrogen) atoms. The molecule has 4 rings (SSSR count). The number of alkyl halides is 1. The van der Waals surface area contributed by atoms with Crippen molar-refractivity contribution in [3.8, 4) is 0 Å². The summed E-state index contributed by atoms with van der Waals surface area (Å²) in [6.07, 6.45) is 5.69. The van der Waals surface area contributed by atoms with Crippen LogP contribution in [0.2, 0.25) is 0 Å². The normalized spacial score (nSPS) is 40.1. The average molecular weight is 443 g/mol. The highest BCUT2D eigenvalue weighted by molar-refractivity contribution is 7.91. The number of rotatable bonds is 3. The third kappa shape index (κ3) is 4.13. The van der Waals surface area contributed by atoms with E-state index in [-0.39, 0.29) is 47.7 Å². The minimum atomic E-state index is -3.42. The maximum absolute atomic E-state index is 14.3. The highest BCUT2D eigenvalue weighted by Crippen LogP contribution is 2.45. The average Bonchev–Trinajstić information content (AvgIpc) is 3.51. The van der Waals surface area contributed by atoms with Gasteiger partial charge in [0, 0.05) is 31.7 Å². The van der Waals surface area contributed by atoms with Crippen molar-refractivity contribution in [2.45, 2.75) is 94.8 Å². The van der Waals surface area contributed by atoms with E-state index in [1.807, 2.05) is 16.7 Å². The summed E-state index contributed by atoms with van der Waals surface area (Å²) < 4.78 is 38.5. The van der Waals surface area contributed by atoms with Crippen LogP contribution in [0.15, 0.2) is 0 Å². The molecule has 0 aromatic heterocycles. The van der Waals surface area contributed by atoms with Gasteiger partial charge in [0.05, 0.1) is 17.3 Å². The molecule has 0 aromatic rings. The fraction of sp³-hybridized carbons (Fsp3) is 0.909. The van der Waals surface area contributed by atoms with Crippen LogP contribution in [0, 0.1) is 17.8 Å². The standard InChI is InChI=1S/C22H35FN2O4S/c1-13-12-24(22(27)15-4-5-15)20-10-16(7-9-19(20)25(13)14(2)26)17-6-8-18(23)21(11-17)30(3,28)29/h13,15-21H,4-12H2,1-3H3/t13-,16?,17?,18?,19?,20?,21?/m0/s1. The van der Waals surface area contributed by atoms with Crippen LogP contribution in [0.3, 0.4) is 0 Å². The third-order valence-electron chi connectivity index (χ3n) is 8.06. The monoisotopic (exact) mass is 442 g/mol. The summed E-state index contributed by atoms with van der Waals surface area (Å²) in [5.41, 5.74) is 0. The van der Waals surface area contributed by atoms with E-state index in [0.717, 1.165) is 38.4 Å². The second-order valence-corrected chi connectivity index (χ2v) is 12.5. The first-order valence-electron chi connectivity index (χ1n) is 11.5. The molecule has 0 aromatic carbocycles. The zero-order valence-corrected chi connectivity index (χ0v) is 19.1. The number of amides is 2. The lowest BCUT2D eigenvalue weighted by Gasteiger charge is -2.55. The fourth-order valence-electron chi connectivity index (χ4n) is 6.44. The van der Waals surface area contributed by atoms with Crippen molar-refractivity contribution in [2.75, 3.05) is 12.8 Å². The van der Waals surface area contributed by atoms with Crippen LogP contribution in [-0.4, -0.2) is 72.4 Å². The number of fused-ring (bicyclic) bond motifs is 1. The molecule has 6 nitrogen and oxygen atoms in total. The van der Waals surface area contributed by atoms with Gasteiger partial charge in [-0.3, -0.25) is 9.59 Å². The number of sulfone groups is 1. The third-order valence-corrected chi connectivity index (χ3v) is 9.64. The number of carbonyl (C=O) groups excluding carboxylic acids is 2. The molecule has 7 atom stereocenters. The van der Waals surface area contributed by atoms with Gasteiger partial charge < -0.3 is 9.80 Å². The molecule has 1 aliphatic heterocycles. The Morgan fingerprint density at radius 2 is 1.57 bits per heavy atom. The van der Waals surface area contributed by atoms with Crippen LogP contribution in [0.1, 0.15) is 65.2 Å². The molecule has 3 aliphatic carbocycles. The van der Waals surface area contributed by atoms with Crippen LogP contribution in [0.25, 0.3) is 0 Å². The number of hydrogen-bond donors (Lipinski definition) is 0. The van der Waals surface area contributed by atoms with E-state index in [2.05, 4.69) is 0 Å². The molecule has 0 N–H and O–H groups in total. The first-order chi connectivity index (χ1) is 14.1. The SMILES string of the molecule is CC(=O)N1C2CCC(C3CCC(F)C(S(C)(=O)=O)C3)CC2N(C(=O)C2CC2)C[C@@H]1C. The zero-order valence-electron chi connectivity index (χ0n) is 18.3. The summed E-state index contributed by atoms with van der Waals surface area (Å²) in [6, 6.07) is 0.0461. The Balaban J connectivity index is 1.54. The summed E-state index contributed by atoms with van der Waals surface area (Å²) in [5.74, 6) is 0.867. The van der Waals surface area contributed by atoms with Crippen LogP contribution >= 0.6 is 0 Å². The van der Waals surface area contributed by atoms with Gasteiger partial charge in [-0.2, -0.15) is 0 Å². The molecule has 0 bridgehead atoms. The summed E-state index contributed by atoms with van der Waals surface area (Å²) in [6.45, 7) is 4.21. The maximum Gasteiger partial charge on any atom is 0.226 e. The Labute approximate surface area is 179 Å². The lowest BCUT2D eigenvalue weighted by atomic mass is 9.69. The van der Waals surface area contributed by atoms with E-state index >= 15 is 0 Å². The largest absolute Gasteiger partial charge is 0.335 e. The molecule has 4 fully saturated rings. The molecule has 3 saturated carbocycles. The summed E-state index contributed by atoms with van der Waals surface area (Å²) >= 11 is 0. The van der Waals surface area contributed by atoms with Crippen molar-refractivity contribution in [3.05, 3.63) is 0 Å². The molecule has 1 saturated heterocycles. The van der Waals surface area contributed by atoms with E-state index in [0.29, 0.717) is 25.8 Å². The number of halogens is 1. The van der Waals surface area contributed by atoms with Gasteiger partial charge in [0.15, 0.2) is 9.84 Å². The molecule has 2 amide bonds. The molecule has 6 unspecified atom stereocenters. The summed E-state index contributed by atoms with van der Waals surface area (Å²) in [5, 5.41) is -0.904. The summed E-state index contributed by atoms with van der Waals surface area (Å²) in [7, 11) is -3.42. The van der Waals surface area contributed by atoms with Crippen molar-refractivity contribution in [1.82, 2.24) is 9.80 Å². The number of nitrogens with zero attached hydrogens (tertiary/aromatic N) is 2. The van der Waals surface area contributed by atoms with Crippen LogP contribution < -0.4 is 0 Å². The number of piperazine rings is 1.